The Balaban J connectivity index is 0.978. The maximum absolute atomic E-state index is 2.40. The van der Waals surface area contributed by atoms with Crippen LogP contribution in [-0.4, -0.2) is 0 Å². The lowest BCUT2D eigenvalue weighted by atomic mass is 9.82. The fourth-order valence-electron chi connectivity index (χ4n) is 9.59. The third-order valence-electron chi connectivity index (χ3n) is 12.9. The largest absolute Gasteiger partial charge is 0.310 e. The molecule has 0 amide bonds. The highest BCUT2D eigenvalue weighted by Gasteiger charge is 2.36. The van der Waals surface area contributed by atoms with Gasteiger partial charge in [0, 0.05) is 22.5 Å². The Hall–Kier alpha value is -7.74. The standard InChI is InChI=1S/C61H45N/c1-61(2)58-23-9-8-21-57(58)60-56(22-12-24-59(60)61)48-35-37-53(38-36-48)62(54-19-10-17-50(40-54)45-27-25-44(26-28-45)42-13-4-3-5-14-42)55-20-11-18-51(41-55)46-29-31-47(32-30-46)52-34-33-43-15-6-7-16-49(43)39-52/h3-41H,1-2H3. The van der Waals surface area contributed by atoms with E-state index in [0.717, 1.165) is 17.1 Å². The second-order valence-corrected chi connectivity index (χ2v) is 17.0. The third kappa shape index (κ3) is 6.69. The Morgan fingerprint density at radius 2 is 0.710 bits per heavy atom. The van der Waals surface area contributed by atoms with Crippen molar-refractivity contribution >= 4 is 27.8 Å². The minimum Gasteiger partial charge on any atom is -0.310 e. The molecule has 0 heterocycles. The van der Waals surface area contributed by atoms with Crippen LogP contribution in [-0.2, 0) is 5.41 Å². The summed E-state index contributed by atoms with van der Waals surface area (Å²) in [5.41, 5.74) is 20.8. The molecule has 0 N–H and O–H groups in total. The lowest BCUT2D eigenvalue weighted by Crippen LogP contribution is -2.14. The topological polar surface area (TPSA) is 3.24 Å². The van der Waals surface area contributed by atoms with Gasteiger partial charge in [0.05, 0.1) is 0 Å². The van der Waals surface area contributed by atoms with E-state index in [-0.39, 0.29) is 5.41 Å². The van der Waals surface area contributed by atoms with Crippen LogP contribution in [0.3, 0.4) is 0 Å². The Bertz CT molecular complexity index is 3230. The molecule has 0 saturated carbocycles. The van der Waals surface area contributed by atoms with Crippen LogP contribution in [0.25, 0.3) is 77.5 Å². The molecule has 0 aromatic heterocycles. The van der Waals surface area contributed by atoms with Crippen LogP contribution < -0.4 is 4.90 Å². The average Bonchev–Trinajstić information content (AvgIpc) is 3.58. The third-order valence-corrected chi connectivity index (χ3v) is 12.9. The molecule has 0 spiro atoms. The van der Waals surface area contributed by atoms with Gasteiger partial charge in [-0.2, -0.15) is 0 Å². The van der Waals surface area contributed by atoms with Crippen molar-refractivity contribution in [2.45, 2.75) is 19.3 Å². The number of rotatable bonds is 8. The molecular formula is C61H45N. The van der Waals surface area contributed by atoms with Gasteiger partial charge in [-0.15, -0.1) is 0 Å². The molecule has 10 aromatic rings. The van der Waals surface area contributed by atoms with E-state index in [4.69, 9.17) is 0 Å². The average molecular weight is 792 g/mol. The van der Waals surface area contributed by atoms with Gasteiger partial charge in [-0.25, -0.2) is 0 Å². The normalized spacial score (nSPS) is 12.5. The Morgan fingerprint density at radius 1 is 0.274 bits per heavy atom. The summed E-state index contributed by atoms with van der Waals surface area (Å²) in [5, 5.41) is 2.51. The van der Waals surface area contributed by atoms with Gasteiger partial charge in [-0.05, 0) is 131 Å². The number of hydrogen-bond acceptors (Lipinski definition) is 1. The minimum absolute atomic E-state index is 0.0483. The van der Waals surface area contributed by atoms with Gasteiger partial charge < -0.3 is 4.90 Å². The molecule has 294 valence electrons. The second-order valence-electron chi connectivity index (χ2n) is 17.0. The van der Waals surface area contributed by atoms with Gasteiger partial charge in [0.1, 0.15) is 0 Å². The monoisotopic (exact) mass is 791 g/mol. The first-order valence-corrected chi connectivity index (χ1v) is 21.6. The first-order chi connectivity index (χ1) is 30.5. The van der Waals surface area contributed by atoms with Gasteiger partial charge >= 0.3 is 0 Å². The highest BCUT2D eigenvalue weighted by Crippen LogP contribution is 2.52. The van der Waals surface area contributed by atoms with E-state index in [1.165, 1.54) is 88.7 Å². The molecule has 0 fully saturated rings. The van der Waals surface area contributed by atoms with Crippen LogP contribution in [0.15, 0.2) is 237 Å². The number of nitrogens with zero attached hydrogens (tertiary/aromatic N) is 1. The molecule has 0 bridgehead atoms. The van der Waals surface area contributed by atoms with Crippen LogP contribution in [0.5, 0.6) is 0 Å². The summed E-state index contributed by atoms with van der Waals surface area (Å²) in [6.07, 6.45) is 0. The van der Waals surface area contributed by atoms with E-state index in [1.54, 1.807) is 0 Å². The zero-order valence-electron chi connectivity index (χ0n) is 35.0. The molecule has 1 aliphatic carbocycles. The van der Waals surface area contributed by atoms with E-state index in [0.29, 0.717) is 0 Å². The van der Waals surface area contributed by atoms with Gasteiger partial charge in [-0.3, -0.25) is 0 Å². The quantitative estimate of drug-likeness (QED) is 0.148. The second kappa shape index (κ2) is 15.4. The fraction of sp³-hybridized carbons (Fsp3) is 0.0492. The van der Waals surface area contributed by atoms with Gasteiger partial charge in [0.15, 0.2) is 0 Å². The van der Waals surface area contributed by atoms with E-state index in [2.05, 4.69) is 255 Å². The molecule has 0 atom stereocenters. The summed E-state index contributed by atoms with van der Waals surface area (Å²) in [4.78, 5) is 2.40. The smallest absolute Gasteiger partial charge is 0.0467 e. The summed E-state index contributed by atoms with van der Waals surface area (Å²) in [7, 11) is 0. The van der Waals surface area contributed by atoms with Crippen molar-refractivity contribution in [3.63, 3.8) is 0 Å². The summed E-state index contributed by atoms with van der Waals surface area (Å²) >= 11 is 0. The van der Waals surface area contributed by atoms with Crippen LogP contribution in [0, 0.1) is 0 Å². The zero-order chi connectivity index (χ0) is 41.6. The highest BCUT2D eigenvalue weighted by atomic mass is 15.1. The maximum atomic E-state index is 2.40. The summed E-state index contributed by atoms with van der Waals surface area (Å²) in [6.45, 7) is 4.70. The van der Waals surface area contributed by atoms with E-state index >= 15 is 0 Å². The number of benzene rings is 10. The molecule has 1 heteroatoms. The molecular weight excluding hydrogens is 747 g/mol. The molecule has 1 nitrogen and oxygen atoms in total. The van der Waals surface area contributed by atoms with Crippen molar-refractivity contribution in [1.29, 1.82) is 0 Å². The van der Waals surface area contributed by atoms with Crippen molar-refractivity contribution in [3.8, 4) is 66.8 Å². The predicted octanol–water partition coefficient (Wildman–Crippen LogP) is 17.0. The predicted molar refractivity (Wildman–Crippen MR) is 263 cm³/mol. The first kappa shape index (κ1) is 37.3. The molecule has 11 rings (SSSR count). The highest BCUT2D eigenvalue weighted by molar-refractivity contribution is 5.93. The van der Waals surface area contributed by atoms with Crippen molar-refractivity contribution in [2.75, 3.05) is 4.90 Å². The summed E-state index contributed by atoms with van der Waals surface area (Å²) in [6, 6.07) is 86.5. The minimum atomic E-state index is -0.0483. The van der Waals surface area contributed by atoms with Crippen molar-refractivity contribution in [3.05, 3.63) is 248 Å². The number of fused-ring (bicyclic) bond motifs is 4. The van der Waals surface area contributed by atoms with Crippen LogP contribution in [0.1, 0.15) is 25.0 Å². The van der Waals surface area contributed by atoms with Gasteiger partial charge in [0.25, 0.3) is 0 Å². The van der Waals surface area contributed by atoms with E-state index in [9.17, 15) is 0 Å². The van der Waals surface area contributed by atoms with Gasteiger partial charge in [0.2, 0.25) is 0 Å². The lowest BCUT2D eigenvalue weighted by molar-refractivity contribution is 0.660. The van der Waals surface area contributed by atoms with Crippen molar-refractivity contribution in [1.82, 2.24) is 0 Å². The molecule has 62 heavy (non-hydrogen) atoms. The van der Waals surface area contributed by atoms with Gasteiger partial charge in [-0.1, -0.05) is 208 Å². The van der Waals surface area contributed by atoms with Crippen LogP contribution >= 0.6 is 0 Å². The molecule has 0 unspecified atom stereocenters. The van der Waals surface area contributed by atoms with Crippen molar-refractivity contribution in [2.24, 2.45) is 0 Å². The fourth-order valence-corrected chi connectivity index (χ4v) is 9.59. The number of hydrogen-bond donors (Lipinski definition) is 0. The first-order valence-electron chi connectivity index (χ1n) is 21.6. The maximum Gasteiger partial charge on any atom is 0.0467 e. The zero-order valence-corrected chi connectivity index (χ0v) is 35.0. The SMILES string of the molecule is CC1(C)c2ccccc2-c2c(-c3ccc(N(c4cccc(-c5ccc(-c6ccccc6)cc5)c4)c4cccc(-c5ccc(-c6ccc7ccccc7c6)cc5)c4)cc3)cccc21. The molecule has 0 aliphatic heterocycles. The molecule has 0 saturated heterocycles. The molecule has 1 aliphatic rings. The molecule has 10 aromatic carbocycles. The van der Waals surface area contributed by atoms with E-state index < -0.39 is 0 Å². The number of anilines is 3. The van der Waals surface area contributed by atoms with Crippen LogP contribution in [0.4, 0.5) is 17.1 Å². The Morgan fingerprint density at radius 3 is 1.35 bits per heavy atom. The lowest BCUT2D eigenvalue weighted by Gasteiger charge is -2.27. The Kier molecular flexibility index (Phi) is 9.24. The van der Waals surface area contributed by atoms with Crippen LogP contribution in [0.2, 0.25) is 0 Å². The molecule has 0 radical (unpaired) electrons. The summed E-state index contributed by atoms with van der Waals surface area (Å²) < 4.78 is 0. The van der Waals surface area contributed by atoms with Crippen molar-refractivity contribution < 1.29 is 0 Å². The van der Waals surface area contributed by atoms with E-state index in [1.807, 2.05) is 0 Å². The Labute approximate surface area is 364 Å². The summed E-state index contributed by atoms with van der Waals surface area (Å²) in [5.74, 6) is 0.